The van der Waals surface area contributed by atoms with E-state index in [9.17, 15) is 13.2 Å². The van der Waals surface area contributed by atoms with Crippen LogP contribution < -0.4 is 0 Å². The minimum Gasteiger partial charge on any atom is -0.480 e. The number of nitrogens with zero attached hydrogens (tertiary/aromatic N) is 2. The van der Waals surface area contributed by atoms with Crippen LogP contribution in [0.15, 0.2) is 12.3 Å². The van der Waals surface area contributed by atoms with Gasteiger partial charge in [-0.05, 0) is 13.0 Å². The van der Waals surface area contributed by atoms with Gasteiger partial charge in [0.15, 0.2) is 9.84 Å². The first kappa shape index (κ1) is 11.7. The number of hydrogen-bond donors (Lipinski definition) is 1. The molecule has 0 spiro atoms. The molecule has 0 aliphatic carbocycles. The molecule has 0 bridgehead atoms. The molecular weight excluding hydrogens is 220 g/mol. The molecule has 6 nitrogen and oxygen atoms in total. The highest BCUT2D eigenvalue weighted by molar-refractivity contribution is 7.91. The van der Waals surface area contributed by atoms with E-state index < -0.39 is 21.6 Å². The van der Waals surface area contributed by atoms with Crippen LogP contribution in [0, 0.1) is 0 Å². The van der Waals surface area contributed by atoms with Crippen LogP contribution in [0.4, 0.5) is 0 Å². The van der Waals surface area contributed by atoms with E-state index in [2.05, 4.69) is 5.10 Å². The Morgan fingerprint density at radius 2 is 2.27 bits per heavy atom. The summed E-state index contributed by atoms with van der Waals surface area (Å²) in [6.07, 6.45) is 1.50. The van der Waals surface area contributed by atoms with E-state index >= 15 is 0 Å². The maximum Gasteiger partial charge on any atom is 0.318 e. The smallest absolute Gasteiger partial charge is 0.318 e. The first-order chi connectivity index (χ1) is 6.94. The number of sulfone groups is 1. The highest BCUT2D eigenvalue weighted by Gasteiger charge is 2.18. The van der Waals surface area contributed by atoms with Crippen LogP contribution in [-0.2, 0) is 26.9 Å². The highest BCUT2D eigenvalue weighted by atomic mass is 32.2. The van der Waals surface area contributed by atoms with E-state index in [4.69, 9.17) is 5.11 Å². The van der Waals surface area contributed by atoms with Crippen LogP contribution in [0.5, 0.6) is 0 Å². The number of aliphatic carboxylic acids is 1. The van der Waals surface area contributed by atoms with Crippen molar-refractivity contribution in [1.29, 1.82) is 0 Å². The molecule has 0 aliphatic rings. The molecule has 15 heavy (non-hydrogen) atoms. The molecule has 1 aromatic heterocycles. The van der Waals surface area contributed by atoms with Gasteiger partial charge in [-0.1, -0.05) is 0 Å². The van der Waals surface area contributed by atoms with Crippen molar-refractivity contribution >= 4 is 15.8 Å². The van der Waals surface area contributed by atoms with Crippen molar-refractivity contribution in [1.82, 2.24) is 9.78 Å². The van der Waals surface area contributed by atoms with E-state index in [0.717, 1.165) is 0 Å². The van der Waals surface area contributed by atoms with Gasteiger partial charge >= 0.3 is 5.97 Å². The lowest BCUT2D eigenvalue weighted by Crippen LogP contribution is -2.18. The predicted molar refractivity (Wildman–Crippen MR) is 53.0 cm³/mol. The summed E-state index contributed by atoms with van der Waals surface area (Å²) in [4.78, 5) is 10.3. The Labute approximate surface area is 87.4 Å². The Balaban J connectivity index is 2.82. The maximum atomic E-state index is 11.4. The molecule has 0 aliphatic heterocycles. The third-order valence-electron chi connectivity index (χ3n) is 1.82. The molecule has 1 N–H and O–H groups in total. The lowest BCUT2D eigenvalue weighted by atomic mass is 10.5. The largest absolute Gasteiger partial charge is 0.480 e. The summed E-state index contributed by atoms with van der Waals surface area (Å²) < 4.78 is 24.2. The van der Waals surface area contributed by atoms with E-state index in [1.54, 1.807) is 6.07 Å². The summed E-state index contributed by atoms with van der Waals surface area (Å²) in [5.41, 5.74) is 0.513. The van der Waals surface area contributed by atoms with Crippen molar-refractivity contribution in [2.75, 3.05) is 5.75 Å². The van der Waals surface area contributed by atoms with E-state index in [-0.39, 0.29) is 5.75 Å². The standard InChI is InChI=1S/C8H12N2O4S/c1-2-10-7(3-4-9-10)5-15(13,14)6-8(11)12/h3-4H,2,5-6H2,1H3,(H,11,12). The topological polar surface area (TPSA) is 89.3 Å². The van der Waals surface area contributed by atoms with Gasteiger partial charge in [-0.2, -0.15) is 5.10 Å². The quantitative estimate of drug-likeness (QED) is 0.765. The van der Waals surface area contributed by atoms with Crippen LogP contribution in [0.2, 0.25) is 0 Å². The molecule has 0 amide bonds. The molecule has 84 valence electrons. The van der Waals surface area contributed by atoms with Gasteiger partial charge in [0.05, 0.1) is 11.4 Å². The lowest BCUT2D eigenvalue weighted by molar-refractivity contribution is -0.134. The zero-order valence-corrected chi connectivity index (χ0v) is 9.07. The summed E-state index contributed by atoms with van der Waals surface area (Å²) in [5.74, 6) is -2.47. The van der Waals surface area contributed by atoms with Gasteiger partial charge in [0, 0.05) is 12.7 Å². The molecule has 0 aromatic carbocycles. The van der Waals surface area contributed by atoms with Crippen molar-refractivity contribution in [3.05, 3.63) is 18.0 Å². The SMILES string of the molecule is CCn1nccc1CS(=O)(=O)CC(=O)O. The lowest BCUT2D eigenvalue weighted by Gasteiger charge is -2.04. The number of rotatable bonds is 5. The molecule has 0 unspecified atom stereocenters. The normalized spacial score (nSPS) is 11.5. The Morgan fingerprint density at radius 3 is 2.80 bits per heavy atom. The summed E-state index contributed by atoms with van der Waals surface area (Å²) in [6.45, 7) is 2.39. The number of carboxylic acid groups (broad SMARTS) is 1. The molecule has 0 atom stereocenters. The fourth-order valence-corrected chi connectivity index (χ4v) is 2.41. The molecular formula is C8H12N2O4S. The molecule has 7 heteroatoms. The van der Waals surface area contributed by atoms with Crippen LogP contribution in [0.25, 0.3) is 0 Å². The van der Waals surface area contributed by atoms with Crippen LogP contribution in [0.1, 0.15) is 12.6 Å². The maximum absolute atomic E-state index is 11.4. The van der Waals surface area contributed by atoms with Crippen molar-refractivity contribution < 1.29 is 18.3 Å². The third-order valence-corrected chi connectivity index (χ3v) is 3.24. The molecule has 0 fully saturated rings. The fraction of sp³-hybridized carbons (Fsp3) is 0.500. The number of carbonyl (C=O) groups is 1. The fourth-order valence-electron chi connectivity index (χ4n) is 1.23. The van der Waals surface area contributed by atoms with Crippen LogP contribution in [-0.4, -0.2) is 35.0 Å². The second-order valence-electron chi connectivity index (χ2n) is 3.06. The Kier molecular flexibility index (Phi) is 3.46. The van der Waals surface area contributed by atoms with Crippen LogP contribution >= 0.6 is 0 Å². The molecule has 0 saturated carbocycles. The Hall–Kier alpha value is -1.37. The minimum absolute atomic E-state index is 0.285. The Morgan fingerprint density at radius 1 is 1.60 bits per heavy atom. The number of hydrogen-bond acceptors (Lipinski definition) is 4. The second kappa shape index (κ2) is 4.43. The third kappa shape index (κ3) is 3.35. The average molecular weight is 232 g/mol. The van der Waals surface area contributed by atoms with Gasteiger partial charge in [0.25, 0.3) is 0 Å². The number of aromatic nitrogens is 2. The minimum atomic E-state index is -3.60. The first-order valence-electron chi connectivity index (χ1n) is 4.37. The first-order valence-corrected chi connectivity index (χ1v) is 6.19. The summed E-state index contributed by atoms with van der Waals surface area (Å²) in [7, 11) is -3.60. The van der Waals surface area contributed by atoms with Gasteiger partial charge < -0.3 is 5.11 Å². The molecule has 1 aromatic rings. The zero-order valence-electron chi connectivity index (χ0n) is 8.25. The number of carboxylic acids is 1. The summed E-state index contributed by atoms with van der Waals surface area (Å²) >= 11 is 0. The van der Waals surface area contributed by atoms with E-state index in [0.29, 0.717) is 12.2 Å². The highest BCUT2D eigenvalue weighted by Crippen LogP contribution is 2.06. The van der Waals surface area contributed by atoms with E-state index in [1.165, 1.54) is 10.9 Å². The molecule has 1 rings (SSSR count). The molecule has 0 saturated heterocycles. The van der Waals surface area contributed by atoms with Crippen molar-refractivity contribution in [3.8, 4) is 0 Å². The van der Waals surface area contributed by atoms with Gasteiger partial charge in [-0.3, -0.25) is 9.48 Å². The monoisotopic (exact) mass is 232 g/mol. The second-order valence-corrected chi connectivity index (χ2v) is 5.13. The van der Waals surface area contributed by atoms with Crippen molar-refractivity contribution in [2.24, 2.45) is 0 Å². The van der Waals surface area contributed by atoms with Gasteiger partial charge in [-0.15, -0.1) is 0 Å². The summed E-state index contributed by atoms with van der Waals surface area (Å²) in [6, 6.07) is 1.57. The Bertz CT molecular complexity index is 449. The van der Waals surface area contributed by atoms with Crippen molar-refractivity contribution in [2.45, 2.75) is 19.2 Å². The molecule has 1 heterocycles. The molecule has 0 radical (unpaired) electrons. The van der Waals surface area contributed by atoms with Crippen molar-refractivity contribution in [3.63, 3.8) is 0 Å². The zero-order chi connectivity index (χ0) is 11.5. The predicted octanol–water partition coefficient (Wildman–Crippen LogP) is -0.0976. The number of aryl methyl sites for hydroxylation is 1. The summed E-state index contributed by atoms with van der Waals surface area (Å²) in [5, 5.41) is 12.3. The van der Waals surface area contributed by atoms with Gasteiger partial charge in [0.2, 0.25) is 0 Å². The van der Waals surface area contributed by atoms with Gasteiger partial charge in [-0.25, -0.2) is 8.42 Å². The van der Waals surface area contributed by atoms with Crippen LogP contribution in [0.3, 0.4) is 0 Å². The van der Waals surface area contributed by atoms with E-state index in [1.807, 2.05) is 6.92 Å². The van der Waals surface area contributed by atoms with Gasteiger partial charge in [0.1, 0.15) is 5.75 Å². The average Bonchev–Trinajstić information content (AvgIpc) is 2.48.